The lowest BCUT2D eigenvalue weighted by Crippen LogP contribution is -2.45. The van der Waals surface area contributed by atoms with Crippen LogP contribution in [0.4, 0.5) is 20.5 Å². The molecule has 2 fully saturated rings. The Labute approximate surface area is 178 Å². The van der Waals surface area contributed by atoms with Gasteiger partial charge in [-0.2, -0.15) is 9.97 Å². The van der Waals surface area contributed by atoms with E-state index < -0.39 is 12.5 Å². The van der Waals surface area contributed by atoms with E-state index in [4.69, 9.17) is 15.2 Å². The van der Waals surface area contributed by atoms with Crippen molar-refractivity contribution in [3.63, 3.8) is 0 Å². The second-order valence-corrected chi connectivity index (χ2v) is 7.45. The Morgan fingerprint density at radius 2 is 1.90 bits per heavy atom. The smallest absolute Gasteiger partial charge is 0.266 e. The van der Waals surface area contributed by atoms with Crippen LogP contribution in [0.3, 0.4) is 0 Å². The lowest BCUT2D eigenvalue weighted by atomic mass is 10.1. The minimum Gasteiger partial charge on any atom is -0.384 e. The molecule has 2 atom stereocenters. The molecule has 31 heavy (non-hydrogen) atoms. The molecular formula is C19H25F2N7O3. The molecule has 0 spiro atoms. The Hall–Kier alpha value is -2.54. The van der Waals surface area contributed by atoms with Crippen molar-refractivity contribution in [1.29, 1.82) is 0 Å². The van der Waals surface area contributed by atoms with E-state index in [9.17, 15) is 13.9 Å². The number of aliphatic hydroxyl groups is 1. The molecule has 2 saturated heterocycles. The van der Waals surface area contributed by atoms with Gasteiger partial charge in [-0.1, -0.05) is 0 Å². The number of nitrogen functional groups attached to an aromatic ring is 1. The second kappa shape index (κ2) is 9.30. The zero-order valence-electron chi connectivity index (χ0n) is 17.1. The number of halogens is 2. The number of nitrogens with two attached hydrogens (primary N) is 1. The lowest BCUT2D eigenvalue weighted by molar-refractivity contribution is -0.0492. The highest BCUT2D eigenvalue weighted by molar-refractivity contribution is 5.59. The van der Waals surface area contributed by atoms with Gasteiger partial charge >= 0.3 is 0 Å². The summed E-state index contributed by atoms with van der Waals surface area (Å²) in [7, 11) is 0. The fraction of sp³-hybridized carbons (Fsp3) is 0.579. The van der Waals surface area contributed by atoms with Gasteiger partial charge in [-0.25, -0.2) is 18.7 Å². The van der Waals surface area contributed by atoms with Crippen molar-refractivity contribution < 1.29 is 23.4 Å². The number of alkyl halides is 2. The summed E-state index contributed by atoms with van der Waals surface area (Å²) in [6, 6.07) is 2.08. The Morgan fingerprint density at radius 1 is 1.13 bits per heavy atom. The van der Waals surface area contributed by atoms with Gasteiger partial charge < -0.3 is 25.2 Å². The van der Waals surface area contributed by atoms with Crippen LogP contribution in [0, 0.1) is 0 Å². The zero-order valence-corrected chi connectivity index (χ0v) is 17.1. The maximum atomic E-state index is 13.7. The van der Waals surface area contributed by atoms with Crippen LogP contribution >= 0.6 is 0 Å². The average Bonchev–Trinajstić information content (AvgIpc) is 2.78. The van der Waals surface area contributed by atoms with Gasteiger partial charge in [0.05, 0.1) is 45.2 Å². The van der Waals surface area contributed by atoms with Gasteiger partial charge in [-0.05, 0) is 19.1 Å². The van der Waals surface area contributed by atoms with Gasteiger partial charge in [0.25, 0.3) is 6.43 Å². The number of pyridine rings is 1. The fourth-order valence-corrected chi connectivity index (χ4v) is 3.67. The number of anilines is 2. The number of hydrogen-bond donors (Lipinski definition) is 2. The fourth-order valence-electron chi connectivity index (χ4n) is 3.67. The van der Waals surface area contributed by atoms with Crippen LogP contribution in [0.2, 0.25) is 0 Å². The molecule has 2 aliphatic heterocycles. The molecule has 2 aromatic rings. The summed E-state index contributed by atoms with van der Waals surface area (Å²) in [5.74, 6) is 0.742. The normalized spacial score (nSPS) is 22.8. The number of ether oxygens (including phenoxy) is 2. The number of rotatable bonds is 5. The van der Waals surface area contributed by atoms with Gasteiger partial charge in [-0.3, -0.25) is 4.90 Å². The van der Waals surface area contributed by atoms with Gasteiger partial charge in [0.2, 0.25) is 5.95 Å². The molecule has 0 aromatic carbocycles. The lowest BCUT2D eigenvalue weighted by Gasteiger charge is -2.35. The highest BCUT2D eigenvalue weighted by atomic mass is 19.3. The van der Waals surface area contributed by atoms with E-state index in [0.29, 0.717) is 44.7 Å². The Morgan fingerprint density at radius 3 is 2.65 bits per heavy atom. The molecule has 0 radical (unpaired) electrons. The van der Waals surface area contributed by atoms with Crippen molar-refractivity contribution in [2.24, 2.45) is 0 Å². The van der Waals surface area contributed by atoms with Crippen molar-refractivity contribution in [2.75, 3.05) is 56.9 Å². The number of aromatic nitrogens is 4. The summed E-state index contributed by atoms with van der Waals surface area (Å²) >= 11 is 0. The maximum absolute atomic E-state index is 13.7. The summed E-state index contributed by atoms with van der Waals surface area (Å²) in [4.78, 5) is 21.4. The molecule has 0 aliphatic carbocycles. The van der Waals surface area contributed by atoms with E-state index in [0.717, 1.165) is 0 Å². The molecule has 168 valence electrons. The third kappa shape index (κ3) is 4.56. The van der Waals surface area contributed by atoms with Gasteiger partial charge in [-0.15, -0.1) is 0 Å². The predicted octanol–water partition coefficient (Wildman–Crippen LogP) is 1.00. The Balaban J connectivity index is 1.85. The molecule has 12 heteroatoms. The van der Waals surface area contributed by atoms with Crippen LogP contribution in [-0.4, -0.2) is 82.2 Å². The van der Waals surface area contributed by atoms with Crippen LogP contribution in [0.25, 0.3) is 11.5 Å². The summed E-state index contributed by atoms with van der Waals surface area (Å²) in [5, 5.41) is 9.77. The highest BCUT2D eigenvalue weighted by Gasteiger charge is 2.31. The number of nitrogens with zero attached hydrogens (tertiary/aromatic N) is 6. The van der Waals surface area contributed by atoms with Crippen LogP contribution in [0.5, 0.6) is 0 Å². The van der Waals surface area contributed by atoms with Crippen LogP contribution < -0.4 is 10.6 Å². The van der Waals surface area contributed by atoms with Crippen molar-refractivity contribution in [2.45, 2.75) is 25.4 Å². The Bertz CT molecular complexity index is 920. The first kappa shape index (κ1) is 21.7. The molecular weight excluding hydrogens is 412 g/mol. The Kier molecular flexibility index (Phi) is 6.51. The third-order valence-electron chi connectivity index (χ3n) is 5.38. The SMILES string of the molecule is C[C@@H]1COCCN1c1nc(-c2nc(N)ccc2C(F)F)nc([C@@H]2COCCN2CO)n1. The largest absolute Gasteiger partial charge is 0.384 e. The number of aliphatic hydroxyl groups excluding tert-OH is 1. The molecule has 3 N–H and O–H groups in total. The average molecular weight is 437 g/mol. The second-order valence-electron chi connectivity index (χ2n) is 7.45. The summed E-state index contributed by atoms with van der Waals surface area (Å²) in [5.41, 5.74) is 5.37. The third-order valence-corrected chi connectivity index (χ3v) is 5.38. The predicted molar refractivity (Wildman–Crippen MR) is 107 cm³/mol. The number of morpholine rings is 2. The van der Waals surface area contributed by atoms with Crippen molar-refractivity contribution in [3.05, 3.63) is 23.5 Å². The first-order valence-corrected chi connectivity index (χ1v) is 10.1. The van der Waals surface area contributed by atoms with Crippen molar-refractivity contribution in [1.82, 2.24) is 24.8 Å². The topological polar surface area (TPSA) is 123 Å². The highest BCUT2D eigenvalue weighted by Crippen LogP contribution is 2.31. The van der Waals surface area contributed by atoms with Gasteiger partial charge in [0.1, 0.15) is 11.5 Å². The van der Waals surface area contributed by atoms with Crippen molar-refractivity contribution >= 4 is 11.8 Å². The molecule has 4 heterocycles. The van der Waals surface area contributed by atoms with Gasteiger partial charge in [0.15, 0.2) is 11.6 Å². The van der Waals surface area contributed by atoms with Crippen LogP contribution in [0.1, 0.15) is 30.8 Å². The monoisotopic (exact) mass is 437 g/mol. The van der Waals surface area contributed by atoms with Crippen molar-refractivity contribution in [3.8, 4) is 11.5 Å². The van der Waals surface area contributed by atoms with E-state index >= 15 is 0 Å². The van der Waals surface area contributed by atoms with E-state index in [1.54, 1.807) is 4.90 Å². The first-order valence-electron chi connectivity index (χ1n) is 10.1. The van der Waals surface area contributed by atoms with E-state index in [2.05, 4.69) is 19.9 Å². The molecule has 0 unspecified atom stereocenters. The summed E-state index contributed by atoms with van der Waals surface area (Å²) in [6.07, 6.45) is -2.78. The summed E-state index contributed by atoms with van der Waals surface area (Å²) < 4.78 is 38.4. The molecule has 0 saturated carbocycles. The molecule has 2 aliphatic rings. The summed E-state index contributed by atoms with van der Waals surface area (Å²) in [6.45, 7) is 4.50. The van der Waals surface area contributed by atoms with E-state index in [1.165, 1.54) is 12.1 Å². The minimum absolute atomic E-state index is 0.00440. The molecule has 4 rings (SSSR count). The molecule has 2 aromatic heterocycles. The molecule has 0 bridgehead atoms. The van der Waals surface area contributed by atoms with Crippen LogP contribution in [-0.2, 0) is 9.47 Å². The first-order chi connectivity index (χ1) is 15.0. The zero-order chi connectivity index (χ0) is 22.0. The minimum atomic E-state index is -2.78. The van der Waals surface area contributed by atoms with E-state index in [-0.39, 0.29) is 42.3 Å². The maximum Gasteiger partial charge on any atom is 0.266 e. The standard InChI is InChI=1S/C19H25F2N7O3/c1-11-8-30-7-5-28(11)19-25-17(13-9-31-6-4-27(13)10-29)24-18(26-19)15-12(16(20)21)2-3-14(22)23-15/h2-3,11,13,16,29H,4-10H2,1H3,(H2,22,23)/t11-,13+/m1/s1. The van der Waals surface area contributed by atoms with Crippen LogP contribution in [0.15, 0.2) is 12.1 Å². The number of hydrogen-bond acceptors (Lipinski definition) is 10. The van der Waals surface area contributed by atoms with E-state index in [1.807, 2.05) is 11.8 Å². The van der Waals surface area contributed by atoms with Gasteiger partial charge in [0, 0.05) is 18.7 Å². The molecule has 0 amide bonds. The molecule has 10 nitrogen and oxygen atoms in total. The quantitative estimate of drug-likeness (QED) is 0.700.